The van der Waals surface area contributed by atoms with Crippen molar-refractivity contribution in [1.29, 1.82) is 0 Å². The Morgan fingerprint density at radius 3 is 2.66 bits per heavy atom. The molecule has 1 aromatic carbocycles. The van der Waals surface area contributed by atoms with E-state index in [2.05, 4.69) is 37.6 Å². The highest BCUT2D eigenvalue weighted by Gasteiger charge is 2.21. The highest BCUT2D eigenvalue weighted by molar-refractivity contribution is 5.92. The Balaban J connectivity index is 1.24. The number of hydrogen-bond donors (Lipinski definition) is 3. The summed E-state index contributed by atoms with van der Waals surface area (Å²) in [5.74, 6) is 0.318. The molecule has 0 radical (unpaired) electrons. The molecule has 1 atom stereocenters. The van der Waals surface area contributed by atoms with Crippen molar-refractivity contribution in [3.63, 3.8) is 0 Å². The summed E-state index contributed by atoms with van der Waals surface area (Å²) in [5.41, 5.74) is 2.89. The van der Waals surface area contributed by atoms with E-state index in [9.17, 15) is 9.90 Å². The van der Waals surface area contributed by atoms with Crippen LogP contribution in [0.2, 0.25) is 0 Å². The number of aliphatic hydroxyl groups excluding tert-OH is 1. The van der Waals surface area contributed by atoms with Gasteiger partial charge >= 0.3 is 0 Å². The van der Waals surface area contributed by atoms with Crippen LogP contribution in [0, 0.1) is 0 Å². The molecule has 0 saturated carbocycles. The van der Waals surface area contributed by atoms with Crippen LogP contribution in [0.25, 0.3) is 0 Å². The number of amides is 1. The molecule has 0 bridgehead atoms. The second-order valence-electron chi connectivity index (χ2n) is 7.62. The lowest BCUT2D eigenvalue weighted by molar-refractivity contribution is 0.0851. The number of carbonyl (C=O) groups is 1. The zero-order valence-corrected chi connectivity index (χ0v) is 16.4. The quantitative estimate of drug-likeness (QED) is 0.645. The van der Waals surface area contributed by atoms with Crippen molar-refractivity contribution >= 4 is 11.7 Å². The third kappa shape index (κ3) is 5.29. The smallest absolute Gasteiger partial charge is 0.270 e. The summed E-state index contributed by atoms with van der Waals surface area (Å²) in [4.78, 5) is 22.9. The van der Waals surface area contributed by atoms with Gasteiger partial charge in [0.15, 0.2) is 0 Å². The van der Waals surface area contributed by atoms with Crippen molar-refractivity contribution in [3.8, 4) is 0 Å². The maximum absolute atomic E-state index is 12.4. The number of β-amino-alcohol motifs (C(OH)–C–C–N with tert-alkyl or cyclic N) is 1. The molecule has 2 aliphatic heterocycles. The summed E-state index contributed by atoms with van der Waals surface area (Å²) in [5, 5.41) is 16.4. The molecule has 3 heterocycles. The average molecular weight is 397 g/mol. The van der Waals surface area contributed by atoms with Crippen LogP contribution in [-0.2, 0) is 17.8 Å². The van der Waals surface area contributed by atoms with Gasteiger partial charge in [0.05, 0.1) is 6.10 Å². The molecule has 29 heavy (non-hydrogen) atoms. The van der Waals surface area contributed by atoms with Gasteiger partial charge < -0.3 is 20.5 Å². The first kappa shape index (κ1) is 19.8. The predicted molar refractivity (Wildman–Crippen MR) is 108 cm³/mol. The average Bonchev–Trinajstić information content (AvgIpc) is 3.15. The number of aliphatic hydroxyl groups is 1. The van der Waals surface area contributed by atoms with Gasteiger partial charge in [-0.1, -0.05) is 24.3 Å². The number of nitrogens with one attached hydrogen (secondary N) is 2. The zero-order valence-electron chi connectivity index (χ0n) is 16.4. The number of hydrogen-bond acceptors (Lipinski definition) is 7. The summed E-state index contributed by atoms with van der Waals surface area (Å²) >= 11 is 0. The van der Waals surface area contributed by atoms with E-state index in [0.717, 1.165) is 39.1 Å². The SMILES string of the molecule is O=C(NCC(O)CN1Cc2ccccc2C1)c1cc(NC2CCOCC2)ncn1. The molecular weight excluding hydrogens is 370 g/mol. The molecule has 3 N–H and O–H groups in total. The minimum atomic E-state index is -0.644. The standard InChI is InChI=1S/C21H27N5O3/c27-18(13-26-11-15-3-1-2-4-16(15)12-26)10-22-21(28)19-9-20(24-14-23-19)25-17-5-7-29-8-6-17/h1-4,9,14,17-18,27H,5-8,10-13H2,(H,22,28)(H,23,24,25). The normalized spacial score (nSPS) is 18.2. The van der Waals surface area contributed by atoms with Crippen LogP contribution in [0.1, 0.15) is 34.5 Å². The van der Waals surface area contributed by atoms with Crippen molar-refractivity contribution in [2.75, 3.05) is 31.6 Å². The van der Waals surface area contributed by atoms with Crippen LogP contribution < -0.4 is 10.6 Å². The molecule has 1 unspecified atom stereocenters. The Morgan fingerprint density at radius 1 is 1.21 bits per heavy atom. The Kier molecular flexibility index (Phi) is 6.33. The van der Waals surface area contributed by atoms with Crippen LogP contribution >= 0.6 is 0 Å². The van der Waals surface area contributed by atoms with Crippen LogP contribution in [-0.4, -0.2) is 64.3 Å². The molecule has 2 aromatic rings. The number of fused-ring (bicyclic) bond motifs is 1. The summed E-state index contributed by atoms with van der Waals surface area (Å²) < 4.78 is 5.36. The Hall–Kier alpha value is -2.55. The second-order valence-corrected chi connectivity index (χ2v) is 7.62. The fourth-order valence-electron chi connectivity index (χ4n) is 3.81. The van der Waals surface area contributed by atoms with Crippen LogP contribution in [0.4, 0.5) is 5.82 Å². The van der Waals surface area contributed by atoms with Gasteiger partial charge in [0.25, 0.3) is 5.91 Å². The molecule has 0 aliphatic carbocycles. The van der Waals surface area contributed by atoms with E-state index in [1.54, 1.807) is 6.07 Å². The number of benzene rings is 1. The van der Waals surface area contributed by atoms with Crippen molar-refractivity contribution in [2.45, 2.75) is 38.1 Å². The van der Waals surface area contributed by atoms with Crippen LogP contribution in [0.3, 0.4) is 0 Å². The minimum Gasteiger partial charge on any atom is -0.390 e. The van der Waals surface area contributed by atoms with E-state index in [0.29, 0.717) is 18.4 Å². The second kappa shape index (κ2) is 9.30. The van der Waals surface area contributed by atoms with Gasteiger partial charge in [-0.25, -0.2) is 9.97 Å². The molecule has 154 valence electrons. The molecular formula is C21H27N5O3. The summed E-state index contributed by atoms with van der Waals surface area (Å²) in [6, 6.07) is 10.2. The molecule has 8 heteroatoms. The van der Waals surface area contributed by atoms with Gasteiger partial charge in [-0.05, 0) is 24.0 Å². The number of anilines is 1. The summed E-state index contributed by atoms with van der Waals surface area (Å²) in [7, 11) is 0. The van der Waals surface area contributed by atoms with E-state index >= 15 is 0 Å². The summed E-state index contributed by atoms with van der Waals surface area (Å²) in [6.07, 6.45) is 2.57. The highest BCUT2D eigenvalue weighted by atomic mass is 16.5. The van der Waals surface area contributed by atoms with Crippen molar-refractivity contribution in [2.24, 2.45) is 0 Å². The number of rotatable bonds is 7. The Labute approximate surface area is 170 Å². The third-order valence-corrected chi connectivity index (χ3v) is 5.35. The first-order chi connectivity index (χ1) is 14.2. The largest absolute Gasteiger partial charge is 0.390 e. The lowest BCUT2D eigenvalue weighted by Gasteiger charge is -2.23. The van der Waals surface area contributed by atoms with Gasteiger partial charge in [0, 0.05) is 51.5 Å². The van der Waals surface area contributed by atoms with Gasteiger partial charge in [-0.3, -0.25) is 9.69 Å². The summed E-state index contributed by atoms with van der Waals surface area (Å²) in [6.45, 7) is 3.81. The Bertz CT molecular complexity index is 816. The van der Waals surface area contributed by atoms with Gasteiger partial charge in [-0.2, -0.15) is 0 Å². The molecule has 1 fully saturated rings. The lowest BCUT2D eigenvalue weighted by atomic mass is 10.1. The third-order valence-electron chi connectivity index (χ3n) is 5.35. The van der Waals surface area contributed by atoms with E-state index < -0.39 is 6.10 Å². The van der Waals surface area contributed by atoms with E-state index in [-0.39, 0.29) is 18.1 Å². The monoisotopic (exact) mass is 397 g/mol. The fourth-order valence-corrected chi connectivity index (χ4v) is 3.81. The fraction of sp³-hybridized carbons (Fsp3) is 0.476. The van der Waals surface area contributed by atoms with E-state index in [1.807, 2.05) is 12.1 Å². The van der Waals surface area contributed by atoms with Gasteiger partial charge in [0.1, 0.15) is 17.8 Å². The van der Waals surface area contributed by atoms with Crippen molar-refractivity contribution < 1.29 is 14.6 Å². The van der Waals surface area contributed by atoms with Crippen LogP contribution in [0.5, 0.6) is 0 Å². The molecule has 1 aromatic heterocycles. The van der Waals surface area contributed by atoms with Gasteiger partial charge in [0.2, 0.25) is 0 Å². The van der Waals surface area contributed by atoms with Crippen molar-refractivity contribution in [1.82, 2.24) is 20.2 Å². The maximum atomic E-state index is 12.4. The highest BCUT2D eigenvalue weighted by Crippen LogP contribution is 2.22. The maximum Gasteiger partial charge on any atom is 0.270 e. The first-order valence-electron chi connectivity index (χ1n) is 10.1. The van der Waals surface area contributed by atoms with Gasteiger partial charge in [-0.15, -0.1) is 0 Å². The van der Waals surface area contributed by atoms with E-state index in [4.69, 9.17) is 4.74 Å². The first-order valence-corrected chi connectivity index (χ1v) is 10.1. The molecule has 1 amide bonds. The lowest BCUT2D eigenvalue weighted by Crippen LogP contribution is -2.38. The molecule has 0 spiro atoms. The molecule has 1 saturated heterocycles. The molecule has 4 rings (SSSR count). The molecule has 8 nitrogen and oxygen atoms in total. The zero-order chi connectivity index (χ0) is 20.1. The van der Waals surface area contributed by atoms with Crippen molar-refractivity contribution in [3.05, 3.63) is 53.5 Å². The predicted octanol–water partition coefficient (Wildman–Crippen LogP) is 1.17. The number of nitrogens with zero attached hydrogens (tertiary/aromatic N) is 3. The van der Waals surface area contributed by atoms with E-state index in [1.165, 1.54) is 17.5 Å². The molecule has 2 aliphatic rings. The topological polar surface area (TPSA) is 99.6 Å². The number of aromatic nitrogens is 2. The Morgan fingerprint density at radius 2 is 1.93 bits per heavy atom. The minimum absolute atomic E-state index is 0.179. The number of ether oxygens (including phenoxy) is 1. The number of carbonyl (C=O) groups excluding carboxylic acids is 1. The van der Waals surface area contributed by atoms with Crippen LogP contribution in [0.15, 0.2) is 36.7 Å².